The van der Waals surface area contributed by atoms with Crippen molar-refractivity contribution in [3.8, 4) is 11.5 Å². The Hall–Kier alpha value is -2.56. The van der Waals surface area contributed by atoms with Crippen molar-refractivity contribution in [2.24, 2.45) is 0 Å². The number of hydrogen-bond acceptors (Lipinski definition) is 3. The average molecular weight is 449 g/mol. The van der Waals surface area contributed by atoms with Crippen molar-refractivity contribution < 1.29 is 23.8 Å². The zero-order chi connectivity index (χ0) is 24.9. The molecule has 180 valence electrons. The van der Waals surface area contributed by atoms with Gasteiger partial charge in [0.1, 0.15) is 29.5 Å². The van der Waals surface area contributed by atoms with Crippen LogP contribution in [0.4, 0.5) is 4.39 Å². The number of hydrogen-bond donors (Lipinski definition) is 1. The van der Waals surface area contributed by atoms with E-state index in [1.807, 2.05) is 80.5 Å². The smallest absolute Gasteiger partial charge is 0.303 e. The van der Waals surface area contributed by atoms with Crippen LogP contribution in [-0.4, -0.2) is 16.7 Å². The molecule has 3 rings (SSSR count). The normalized spacial score (nSPS) is 12.4. The molecule has 4 nitrogen and oxygen atoms in total. The third-order valence-corrected chi connectivity index (χ3v) is 4.52. The van der Waals surface area contributed by atoms with Crippen LogP contribution in [0.25, 0.3) is 0 Å². The van der Waals surface area contributed by atoms with Crippen molar-refractivity contribution in [1.82, 2.24) is 0 Å². The summed E-state index contributed by atoms with van der Waals surface area (Å²) in [6.45, 7) is 18.1. The second-order valence-electron chi connectivity index (χ2n) is 7.36. The standard InChI is InChI=1S/C21H23FO4.3C2H6/c1-13-8-18(6-4-14(13)5-7-19(23)24)25-12-16-10-17(22)9-15-11-21(2,3)26-20(15)16;3*1-2/h4,6,8-10H,5,7,11-12H2,1-3H3,(H,23,24);3*1-2H3. The van der Waals surface area contributed by atoms with Gasteiger partial charge in [-0.05, 0) is 62.6 Å². The van der Waals surface area contributed by atoms with Crippen LogP contribution in [0.3, 0.4) is 0 Å². The zero-order valence-electron chi connectivity index (χ0n) is 21.3. The van der Waals surface area contributed by atoms with Crippen LogP contribution in [0.5, 0.6) is 11.5 Å². The molecule has 0 radical (unpaired) electrons. The van der Waals surface area contributed by atoms with E-state index in [2.05, 4.69) is 0 Å². The average Bonchev–Trinajstić information content (AvgIpc) is 3.09. The van der Waals surface area contributed by atoms with Gasteiger partial charge in [-0.15, -0.1) is 0 Å². The first-order valence-corrected chi connectivity index (χ1v) is 11.7. The minimum atomic E-state index is -0.812. The van der Waals surface area contributed by atoms with Crippen molar-refractivity contribution in [1.29, 1.82) is 0 Å². The minimum Gasteiger partial charge on any atom is -0.489 e. The van der Waals surface area contributed by atoms with E-state index in [0.717, 1.165) is 16.7 Å². The Morgan fingerprint density at radius 3 is 2.25 bits per heavy atom. The molecular formula is C27H41FO4. The predicted octanol–water partition coefficient (Wildman–Crippen LogP) is 7.52. The highest BCUT2D eigenvalue weighted by atomic mass is 19.1. The molecule has 2 aromatic carbocycles. The van der Waals surface area contributed by atoms with Gasteiger partial charge in [0.05, 0.1) is 0 Å². The van der Waals surface area contributed by atoms with Crippen LogP contribution in [0.2, 0.25) is 0 Å². The second-order valence-corrected chi connectivity index (χ2v) is 7.36. The Balaban J connectivity index is 0.00000148. The Morgan fingerprint density at radius 2 is 1.69 bits per heavy atom. The van der Waals surface area contributed by atoms with Gasteiger partial charge in [0, 0.05) is 24.0 Å². The summed E-state index contributed by atoms with van der Waals surface area (Å²) in [6.07, 6.45) is 1.26. The maximum atomic E-state index is 13.9. The Labute approximate surface area is 193 Å². The van der Waals surface area contributed by atoms with Gasteiger partial charge < -0.3 is 14.6 Å². The van der Waals surface area contributed by atoms with Crippen molar-refractivity contribution in [3.63, 3.8) is 0 Å². The van der Waals surface area contributed by atoms with Gasteiger partial charge >= 0.3 is 5.97 Å². The number of carbonyl (C=O) groups is 1. The molecule has 0 fully saturated rings. The Kier molecular flexibility index (Phi) is 13.3. The van der Waals surface area contributed by atoms with Crippen LogP contribution in [0.15, 0.2) is 30.3 Å². The van der Waals surface area contributed by atoms with E-state index in [9.17, 15) is 9.18 Å². The molecule has 1 aliphatic rings. The Bertz CT molecular complexity index is 844. The van der Waals surface area contributed by atoms with Crippen LogP contribution in [-0.2, 0) is 24.2 Å². The zero-order valence-corrected chi connectivity index (χ0v) is 21.3. The van der Waals surface area contributed by atoms with Crippen LogP contribution in [0.1, 0.15) is 84.1 Å². The van der Waals surface area contributed by atoms with E-state index >= 15 is 0 Å². The summed E-state index contributed by atoms with van der Waals surface area (Å²) in [5, 5.41) is 8.80. The van der Waals surface area contributed by atoms with Gasteiger partial charge in [0.25, 0.3) is 0 Å². The van der Waals surface area contributed by atoms with Gasteiger partial charge in [-0.25, -0.2) is 4.39 Å². The summed E-state index contributed by atoms with van der Waals surface area (Å²) < 4.78 is 25.7. The lowest BCUT2D eigenvalue weighted by molar-refractivity contribution is -0.136. The molecular weight excluding hydrogens is 407 g/mol. The summed E-state index contributed by atoms with van der Waals surface area (Å²) in [5.41, 5.74) is 3.18. The van der Waals surface area contributed by atoms with Gasteiger partial charge in [0.15, 0.2) is 0 Å². The van der Waals surface area contributed by atoms with E-state index in [4.69, 9.17) is 14.6 Å². The third kappa shape index (κ3) is 8.89. The largest absolute Gasteiger partial charge is 0.489 e. The molecule has 0 spiro atoms. The monoisotopic (exact) mass is 448 g/mol. The summed E-state index contributed by atoms with van der Waals surface area (Å²) in [6, 6.07) is 8.54. The molecule has 2 aromatic rings. The summed E-state index contributed by atoms with van der Waals surface area (Å²) in [5.74, 6) is 0.277. The van der Waals surface area contributed by atoms with Crippen molar-refractivity contribution in [2.75, 3.05) is 0 Å². The van der Waals surface area contributed by atoms with E-state index < -0.39 is 5.97 Å². The first-order chi connectivity index (χ1) is 15.2. The number of aliphatic carboxylic acids is 1. The molecule has 32 heavy (non-hydrogen) atoms. The third-order valence-electron chi connectivity index (χ3n) is 4.52. The molecule has 1 aliphatic heterocycles. The fourth-order valence-corrected chi connectivity index (χ4v) is 3.29. The van der Waals surface area contributed by atoms with Crippen LogP contribution < -0.4 is 9.47 Å². The van der Waals surface area contributed by atoms with Gasteiger partial charge in [-0.1, -0.05) is 47.6 Å². The fourth-order valence-electron chi connectivity index (χ4n) is 3.29. The highest BCUT2D eigenvalue weighted by molar-refractivity contribution is 5.67. The Morgan fingerprint density at radius 1 is 1.06 bits per heavy atom. The molecule has 0 bridgehead atoms. The number of halogens is 1. The molecule has 0 aromatic heterocycles. The lowest BCUT2D eigenvalue weighted by Crippen LogP contribution is -2.25. The molecule has 0 atom stereocenters. The van der Waals surface area contributed by atoms with Gasteiger partial charge in [-0.3, -0.25) is 4.79 Å². The van der Waals surface area contributed by atoms with Crippen molar-refractivity contribution in [2.45, 2.75) is 93.8 Å². The predicted molar refractivity (Wildman–Crippen MR) is 130 cm³/mol. The minimum absolute atomic E-state index is 0.101. The van der Waals surface area contributed by atoms with E-state index in [0.29, 0.717) is 29.9 Å². The molecule has 1 heterocycles. The molecule has 0 amide bonds. The highest BCUT2D eigenvalue weighted by Crippen LogP contribution is 2.38. The summed E-state index contributed by atoms with van der Waals surface area (Å²) in [7, 11) is 0. The molecule has 0 aliphatic carbocycles. The number of aryl methyl sites for hydroxylation is 2. The quantitative estimate of drug-likeness (QED) is 0.496. The first kappa shape index (κ1) is 29.4. The number of fused-ring (bicyclic) bond motifs is 1. The second kappa shape index (κ2) is 14.5. The SMILES string of the molecule is CC.CC.CC.Cc1cc(OCc2cc(F)cc3c2OC(C)(C)C3)ccc1CCC(=O)O. The fraction of sp³-hybridized carbons (Fsp3) is 0.519. The molecule has 1 N–H and O–H groups in total. The first-order valence-electron chi connectivity index (χ1n) is 11.7. The highest BCUT2D eigenvalue weighted by Gasteiger charge is 2.32. The van der Waals surface area contributed by atoms with Gasteiger partial charge in [-0.2, -0.15) is 0 Å². The summed E-state index contributed by atoms with van der Waals surface area (Å²) >= 11 is 0. The number of carboxylic acid groups (broad SMARTS) is 1. The van der Waals surface area contributed by atoms with Crippen molar-refractivity contribution >= 4 is 5.97 Å². The van der Waals surface area contributed by atoms with Gasteiger partial charge in [0.2, 0.25) is 0 Å². The van der Waals surface area contributed by atoms with E-state index in [-0.39, 0.29) is 24.4 Å². The maximum Gasteiger partial charge on any atom is 0.303 e. The topological polar surface area (TPSA) is 55.8 Å². The number of benzene rings is 2. The number of carboxylic acids is 1. The number of rotatable bonds is 6. The van der Waals surface area contributed by atoms with Crippen molar-refractivity contribution in [3.05, 3.63) is 58.4 Å². The molecule has 0 saturated heterocycles. The van der Waals surface area contributed by atoms with E-state index in [1.54, 1.807) is 0 Å². The lowest BCUT2D eigenvalue weighted by atomic mass is 10.0. The van der Waals surface area contributed by atoms with Crippen LogP contribution >= 0.6 is 0 Å². The molecule has 5 heteroatoms. The van der Waals surface area contributed by atoms with Crippen LogP contribution in [0, 0.1) is 12.7 Å². The maximum absolute atomic E-state index is 13.9. The summed E-state index contributed by atoms with van der Waals surface area (Å²) in [4.78, 5) is 10.7. The molecule has 0 unspecified atom stereocenters. The molecule has 0 saturated carbocycles. The number of ether oxygens (including phenoxy) is 2. The van der Waals surface area contributed by atoms with E-state index in [1.165, 1.54) is 12.1 Å². The lowest BCUT2D eigenvalue weighted by Gasteiger charge is -2.18.